The number of hydrogen-bond acceptors (Lipinski definition) is 6. The van der Waals surface area contributed by atoms with Gasteiger partial charge in [-0.15, -0.1) is 0 Å². The number of carbonyl (C=O) groups is 1. The van der Waals surface area contributed by atoms with Crippen LogP contribution in [0.1, 0.15) is 57.8 Å². The molecule has 0 saturated carbocycles. The first kappa shape index (κ1) is 30.5. The quantitative estimate of drug-likeness (QED) is 0.454. The van der Waals surface area contributed by atoms with Crippen molar-refractivity contribution in [2.24, 2.45) is 7.05 Å². The van der Waals surface area contributed by atoms with Gasteiger partial charge < -0.3 is 11.5 Å². The van der Waals surface area contributed by atoms with Crippen molar-refractivity contribution in [1.82, 2.24) is 19.4 Å². The Hall–Kier alpha value is -1.50. The molecule has 12 heteroatoms. The number of sulfonamides is 1. The fourth-order valence-electron chi connectivity index (χ4n) is 3.38. The van der Waals surface area contributed by atoms with E-state index >= 15 is 0 Å². The minimum Gasteiger partial charge on any atom is -1.00 e. The van der Waals surface area contributed by atoms with E-state index in [9.17, 15) is 17.6 Å². The third kappa shape index (κ3) is 8.03. The van der Waals surface area contributed by atoms with Crippen LogP contribution in [0.3, 0.4) is 0 Å². The molecule has 0 atom stereocenters. The summed E-state index contributed by atoms with van der Waals surface area (Å²) in [6.07, 6.45) is 0. The van der Waals surface area contributed by atoms with Crippen molar-refractivity contribution in [3.05, 3.63) is 40.8 Å². The molecular formula is C22H35FN5NaO4S. The summed E-state index contributed by atoms with van der Waals surface area (Å²) in [7, 11) is 0.913. The number of halogens is 1. The van der Waals surface area contributed by atoms with E-state index < -0.39 is 21.9 Å². The van der Waals surface area contributed by atoms with Crippen molar-refractivity contribution in [3.63, 3.8) is 0 Å². The van der Waals surface area contributed by atoms with E-state index in [1.165, 1.54) is 22.9 Å². The molecule has 0 aliphatic heterocycles. The normalized spacial score (nSPS) is 11.7. The average molecular weight is 508 g/mol. The van der Waals surface area contributed by atoms with Crippen LogP contribution in [0.4, 0.5) is 14.9 Å². The molecule has 0 radical (unpaired) electrons. The van der Waals surface area contributed by atoms with Crippen LogP contribution in [0.5, 0.6) is 0 Å². The summed E-state index contributed by atoms with van der Waals surface area (Å²) in [5.41, 5.74) is 2.25. The van der Waals surface area contributed by atoms with Gasteiger partial charge in [0.1, 0.15) is 5.82 Å². The Bertz CT molecular complexity index is 1070. The van der Waals surface area contributed by atoms with Crippen molar-refractivity contribution in [2.45, 2.75) is 51.1 Å². The van der Waals surface area contributed by atoms with E-state index in [1.807, 2.05) is 44.4 Å². The number of amides is 2. The summed E-state index contributed by atoms with van der Waals surface area (Å²) >= 11 is 0. The maximum atomic E-state index is 14.1. The molecule has 0 spiro atoms. The molecule has 0 aliphatic rings. The number of rotatable bonds is 10. The molecule has 9 nitrogen and oxygen atoms in total. The van der Waals surface area contributed by atoms with Crippen LogP contribution in [0.15, 0.2) is 23.2 Å². The largest absolute Gasteiger partial charge is 1.00 e. The number of hydrogen-bond donors (Lipinski definition) is 2. The number of carbonyl (C=O) groups excluding carboxylic acids is 1. The number of methoxy groups -OCH3 is 1. The molecule has 1 aromatic carbocycles. The summed E-state index contributed by atoms with van der Waals surface area (Å²) in [4.78, 5) is 14.6. The standard InChI is InChI=1S/C22H34FN5O4S.Na.H/c1-14(2)18-10-16(23)11-19(15(3)4)21(18)24-22(29)26-33(30,31)20-12-17(28(6)25-20)13-27(5)8-9-32-7;;/h10-12,14-15H,8-9,13H2,1-7H3,(H2,24,26,29);;/q;+1;-1. The summed E-state index contributed by atoms with van der Waals surface area (Å²) in [6.45, 7) is 9.16. The second-order valence-electron chi connectivity index (χ2n) is 8.66. The molecule has 34 heavy (non-hydrogen) atoms. The van der Waals surface area contributed by atoms with Crippen LogP contribution < -0.4 is 39.6 Å². The topological polar surface area (TPSA) is 106 Å². The summed E-state index contributed by atoms with van der Waals surface area (Å²) in [6, 6.07) is 3.20. The molecule has 1 heterocycles. The van der Waals surface area contributed by atoms with Gasteiger partial charge in [0, 0.05) is 39.0 Å². The van der Waals surface area contributed by atoms with Crippen molar-refractivity contribution >= 4 is 21.7 Å². The predicted octanol–water partition coefficient (Wildman–Crippen LogP) is 0.511. The maximum Gasteiger partial charge on any atom is 1.00 e. The van der Waals surface area contributed by atoms with E-state index in [1.54, 1.807) is 14.2 Å². The van der Waals surface area contributed by atoms with Crippen molar-refractivity contribution < 1.29 is 53.3 Å². The second-order valence-corrected chi connectivity index (χ2v) is 10.3. The van der Waals surface area contributed by atoms with E-state index in [2.05, 4.69) is 10.4 Å². The van der Waals surface area contributed by atoms with Crippen LogP contribution in [0, 0.1) is 5.82 Å². The number of likely N-dealkylation sites (N-methyl/N-ethyl adjacent to an activating group) is 1. The Kier molecular flexibility index (Phi) is 11.7. The van der Waals surface area contributed by atoms with Gasteiger partial charge in [0.2, 0.25) is 0 Å². The van der Waals surface area contributed by atoms with Gasteiger partial charge in [0.15, 0.2) is 5.03 Å². The zero-order valence-electron chi connectivity index (χ0n) is 22.3. The number of nitrogens with zero attached hydrogens (tertiary/aromatic N) is 3. The van der Waals surface area contributed by atoms with Gasteiger partial charge in [-0.1, -0.05) is 27.7 Å². The molecule has 0 bridgehead atoms. The van der Waals surface area contributed by atoms with Gasteiger partial charge in [-0.25, -0.2) is 13.9 Å². The Morgan fingerprint density at radius 2 is 1.76 bits per heavy atom. The van der Waals surface area contributed by atoms with E-state index in [0.29, 0.717) is 42.2 Å². The number of urea groups is 1. The second kappa shape index (κ2) is 13.0. The van der Waals surface area contributed by atoms with E-state index in [4.69, 9.17) is 4.74 Å². The van der Waals surface area contributed by atoms with Gasteiger partial charge in [-0.2, -0.15) is 13.5 Å². The molecule has 0 fully saturated rings. The van der Waals surface area contributed by atoms with Crippen LogP contribution in [-0.4, -0.2) is 56.4 Å². The zero-order valence-corrected chi connectivity index (χ0v) is 24.1. The molecule has 1 aromatic heterocycles. The van der Waals surface area contributed by atoms with Crippen molar-refractivity contribution in [3.8, 4) is 0 Å². The Balaban J connectivity index is 0.00000578. The molecule has 0 saturated heterocycles. The Labute approximate surface area is 225 Å². The van der Waals surface area contributed by atoms with Crippen LogP contribution in [-0.2, 0) is 28.4 Å². The van der Waals surface area contributed by atoms with Crippen LogP contribution in [0.25, 0.3) is 0 Å². The van der Waals surface area contributed by atoms with E-state index in [-0.39, 0.29) is 47.8 Å². The molecule has 2 N–H and O–H groups in total. The monoisotopic (exact) mass is 507 g/mol. The minimum atomic E-state index is -4.22. The van der Waals surface area contributed by atoms with Gasteiger partial charge in [0.25, 0.3) is 10.0 Å². The first-order valence-corrected chi connectivity index (χ1v) is 12.2. The molecular weight excluding hydrogens is 472 g/mol. The number of benzene rings is 1. The number of aryl methyl sites for hydroxylation is 1. The third-order valence-corrected chi connectivity index (χ3v) is 6.42. The smallest absolute Gasteiger partial charge is 1.00 e. The summed E-state index contributed by atoms with van der Waals surface area (Å²) in [5.74, 6) is -0.574. The number of ether oxygens (including phenoxy) is 1. The summed E-state index contributed by atoms with van der Waals surface area (Å²) in [5, 5.41) is 6.42. The molecule has 186 valence electrons. The van der Waals surface area contributed by atoms with Crippen molar-refractivity contribution in [1.29, 1.82) is 0 Å². The number of aromatic nitrogens is 2. The van der Waals surface area contributed by atoms with Crippen molar-refractivity contribution in [2.75, 3.05) is 32.6 Å². The van der Waals surface area contributed by atoms with E-state index in [0.717, 1.165) is 0 Å². The molecule has 2 aromatic rings. The Morgan fingerprint density at radius 3 is 2.26 bits per heavy atom. The third-order valence-electron chi connectivity index (χ3n) is 5.21. The Morgan fingerprint density at radius 1 is 1.21 bits per heavy atom. The van der Waals surface area contributed by atoms with Gasteiger partial charge in [-0.05, 0) is 42.1 Å². The number of anilines is 1. The predicted molar refractivity (Wildman–Crippen MR) is 126 cm³/mol. The first-order chi connectivity index (χ1) is 15.4. The maximum absolute atomic E-state index is 14.1. The van der Waals surface area contributed by atoms with Crippen LogP contribution >= 0.6 is 0 Å². The fourth-order valence-corrected chi connectivity index (χ4v) is 4.30. The first-order valence-electron chi connectivity index (χ1n) is 10.7. The molecule has 2 amide bonds. The molecule has 0 unspecified atom stereocenters. The van der Waals surface area contributed by atoms with Gasteiger partial charge in [-0.3, -0.25) is 9.58 Å². The average Bonchev–Trinajstić information content (AvgIpc) is 3.07. The molecule has 2 rings (SSSR count). The van der Waals surface area contributed by atoms with Crippen LogP contribution in [0.2, 0.25) is 0 Å². The molecule has 0 aliphatic carbocycles. The van der Waals surface area contributed by atoms with Gasteiger partial charge in [0.05, 0.1) is 12.3 Å². The fraction of sp³-hybridized carbons (Fsp3) is 0.545. The number of nitrogens with one attached hydrogen (secondary N) is 2. The van der Waals surface area contributed by atoms with Gasteiger partial charge >= 0.3 is 35.6 Å². The SMILES string of the molecule is COCCN(C)Cc1cc(S(=O)(=O)NC(=O)Nc2c(C(C)C)cc(F)cc2C(C)C)nn1C.[H-].[Na+]. The summed E-state index contributed by atoms with van der Waals surface area (Å²) < 4.78 is 48.3. The minimum absolute atomic E-state index is 0. The zero-order chi connectivity index (χ0) is 24.9.